The van der Waals surface area contributed by atoms with Crippen LogP contribution in [0.1, 0.15) is 15.9 Å². The van der Waals surface area contributed by atoms with E-state index >= 15 is 0 Å². The summed E-state index contributed by atoms with van der Waals surface area (Å²) in [5.74, 6) is -0.0834. The summed E-state index contributed by atoms with van der Waals surface area (Å²) in [5, 5.41) is 0. The third-order valence-corrected chi connectivity index (χ3v) is 3.06. The quantitative estimate of drug-likeness (QED) is 0.762. The first-order valence-corrected chi connectivity index (χ1v) is 5.71. The van der Waals surface area contributed by atoms with E-state index in [1.807, 2.05) is 18.2 Å². The molecule has 1 aromatic carbocycles. The van der Waals surface area contributed by atoms with Gasteiger partial charge in [-0.3, -0.25) is 4.79 Å². The van der Waals surface area contributed by atoms with Gasteiger partial charge in [0.25, 0.3) is 5.91 Å². The Morgan fingerprint density at radius 2 is 2.06 bits per heavy atom. The lowest BCUT2D eigenvalue weighted by atomic mass is 10.1. The molecular formula is C13H12N4O. The van der Waals surface area contributed by atoms with Crippen molar-refractivity contribution in [2.75, 3.05) is 17.2 Å². The van der Waals surface area contributed by atoms with E-state index < -0.39 is 0 Å². The van der Waals surface area contributed by atoms with E-state index in [2.05, 4.69) is 9.97 Å². The normalized spacial score (nSPS) is 13.4. The van der Waals surface area contributed by atoms with Gasteiger partial charge in [0, 0.05) is 30.3 Å². The summed E-state index contributed by atoms with van der Waals surface area (Å²) in [5.41, 5.74) is 8.97. The van der Waals surface area contributed by atoms with Crippen molar-refractivity contribution in [2.45, 2.75) is 6.42 Å². The van der Waals surface area contributed by atoms with Gasteiger partial charge in [-0.2, -0.15) is 0 Å². The second-order valence-corrected chi connectivity index (χ2v) is 4.22. The zero-order valence-corrected chi connectivity index (χ0v) is 9.71. The second-order valence-electron chi connectivity index (χ2n) is 4.22. The number of anilines is 2. The monoisotopic (exact) mass is 240 g/mol. The minimum atomic E-state index is -0.0834. The molecular weight excluding hydrogens is 228 g/mol. The van der Waals surface area contributed by atoms with Crippen molar-refractivity contribution >= 4 is 17.3 Å². The summed E-state index contributed by atoms with van der Waals surface area (Å²) >= 11 is 0. The Kier molecular flexibility index (Phi) is 2.44. The highest BCUT2D eigenvalue weighted by Gasteiger charge is 2.25. The van der Waals surface area contributed by atoms with Gasteiger partial charge in [-0.05, 0) is 24.1 Å². The van der Waals surface area contributed by atoms with Crippen LogP contribution in [-0.4, -0.2) is 22.4 Å². The fourth-order valence-corrected chi connectivity index (χ4v) is 2.17. The highest BCUT2D eigenvalue weighted by Crippen LogP contribution is 2.30. The number of carbonyl (C=O) groups is 1. The van der Waals surface area contributed by atoms with Gasteiger partial charge in [0.05, 0.1) is 5.56 Å². The number of rotatable bonds is 1. The maximum absolute atomic E-state index is 12.3. The first-order chi connectivity index (χ1) is 8.75. The van der Waals surface area contributed by atoms with Crippen LogP contribution in [0.4, 0.5) is 11.4 Å². The molecule has 18 heavy (non-hydrogen) atoms. The van der Waals surface area contributed by atoms with Crippen molar-refractivity contribution in [1.29, 1.82) is 0 Å². The molecule has 0 saturated carbocycles. The Morgan fingerprint density at radius 1 is 1.28 bits per heavy atom. The number of benzene rings is 1. The van der Waals surface area contributed by atoms with Crippen LogP contribution in [0.5, 0.6) is 0 Å². The third kappa shape index (κ3) is 1.69. The number of nitrogens with zero attached hydrogens (tertiary/aromatic N) is 3. The minimum absolute atomic E-state index is 0.0834. The van der Waals surface area contributed by atoms with Gasteiger partial charge in [0.2, 0.25) is 0 Å². The van der Waals surface area contributed by atoms with E-state index in [1.54, 1.807) is 4.90 Å². The number of aromatic nitrogens is 2. The molecule has 0 fully saturated rings. The molecule has 90 valence electrons. The molecule has 0 unspecified atom stereocenters. The summed E-state index contributed by atoms with van der Waals surface area (Å²) in [6.07, 6.45) is 5.32. The van der Waals surface area contributed by atoms with Crippen LogP contribution in [0.25, 0.3) is 0 Å². The van der Waals surface area contributed by atoms with Gasteiger partial charge >= 0.3 is 0 Å². The molecule has 0 saturated heterocycles. The third-order valence-electron chi connectivity index (χ3n) is 3.06. The van der Waals surface area contributed by atoms with Gasteiger partial charge in [-0.1, -0.05) is 6.07 Å². The maximum atomic E-state index is 12.3. The number of hydrogen-bond acceptors (Lipinski definition) is 4. The number of nitrogen functional groups attached to an aromatic ring is 1. The predicted molar refractivity (Wildman–Crippen MR) is 68.3 cm³/mol. The van der Waals surface area contributed by atoms with E-state index in [-0.39, 0.29) is 5.91 Å². The first-order valence-electron chi connectivity index (χ1n) is 5.71. The lowest BCUT2D eigenvalue weighted by Gasteiger charge is -2.17. The van der Waals surface area contributed by atoms with Crippen molar-refractivity contribution in [2.24, 2.45) is 0 Å². The average Bonchev–Trinajstić information content (AvgIpc) is 2.82. The zero-order chi connectivity index (χ0) is 12.5. The van der Waals surface area contributed by atoms with Crippen molar-refractivity contribution in [1.82, 2.24) is 9.97 Å². The van der Waals surface area contributed by atoms with Gasteiger partial charge in [0.15, 0.2) is 0 Å². The molecule has 5 heteroatoms. The Labute approximate surface area is 104 Å². The van der Waals surface area contributed by atoms with E-state index in [9.17, 15) is 4.79 Å². The van der Waals surface area contributed by atoms with Gasteiger partial charge < -0.3 is 10.6 Å². The molecule has 0 aliphatic carbocycles. The molecule has 0 spiro atoms. The van der Waals surface area contributed by atoms with Crippen molar-refractivity contribution < 1.29 is 4.79 Å². The molecule has 2 N–H and O–H groups in total. The zero-order valence-electron chi connectivity index (χ0n) is 9.71. The van der Waals surface area contributed by atoms with Crippen LogP contribution in [0.15, 0.2) is 36.9 Å². The first kappa shape index (κ1) is 10.7. The van der Waals surface area contributed by atoms with E-state index in [0.717, 1.165) is 17.7 Å². The molecule has 2 aromatic rings. The second kappa shape index (κ2) is 4.10. The fourth-order valence-electron chi connectivity index (χ4n) is 2.17. The lowest BCUT2D eigenvalue weighted by molar-refractivity contribution is 0.0988. The molecule has 1 aliphatic rings. The molecule has 0 bridgehead atoms. The number of nitrogens with two attached hydrogens (primary N) is 1. The van der Waals surface area contributed by atoms with Crippen LogP contribution in [-0.2, 0) is 6.42 Å². The molecule has 0 atom stereocenters. The molecule has 0 radical (unpaired) electrons. The Hall–Kier alpha value is -2.43. The highest BCUT2D eigenvalue weighted by atomic mass is 16.2. The summed E-state index contributed by atoms with van der Waals surface area (Å²) < 4.78 is 0. The van der Waals surface area contributed by atoms with Crippen LogP contribution in [0.2, 0.25) is 0 Å². The molecule has 1 aromatic heterocycles. The molecule has 1 amide bonds. The van der Waals surface area contributed by atoms with Gasteiger partial charge in [-0.15, -0.1) is 0 Å². The van der Waals surface area contributed by atoms with Crippen LogP contribution in [0, 0.1) is 0 Å². The lowest BCUT2D eigenvalue weighted by Crippen LogP contribution is -2.29. The Morgan fingerprint density at radius 3 is 2.83 bits per heavy atom. The molecule has 3 rings (SSSR count). The fraction of sp³-hybridized carbons (Fsp3) is 0.154. The largest absolute Gasteiger partial charge is 0.399 e. The maximum Gasteiger partial charge on any atom is 0.261 e. The molecule has 5 nitrogen and oxygen atoms in total. The predicted octanol–water partition coefficient (Wildman–Crippen LogP) is 1.26. The van der Waals surface area contributed by atoms with Crippen LogP contribution < -0.4 is 10.6 Å². The van der Waals surface area contributed by atoms with Crippen molar-refractivity contribution in [3.05, 3.63) is 48.0 Å². The number of amides is 1. The number of fused-ring (bicyclic) bond motifs is 1. The average molecular weight is 240 g/mol. The summed E-state index contributed by atoms with van der Waals surface area (Å²) in [6.45, 7) is 0.673. The number of carbonyl (C=O) groups excluding carboxylic acids is 1. The summed E-state index contributed by atoms with van der Waals surface area (Å²) in [4.78, 5) is 21.8. The Bertz CT molecular complexity index is 597. The minimum Gasteiger partial charge on any atom is -0.399 e. The smallest absolute Gasteiger partial charge is 0.261 e. The topological polar surface area (TPSA) is 72.1 Å². The highest BCUT2D eigenvalue weighted by molar-refractivity contribution is 6.07. The molecule has 1 aliphatic heterocycles. The van der Waals surface area contributed by atoms with Gasteiger partial charge in [-0.25, -0.2) is 9.97 Å². The number of hydrogen-bond donors (Lipinski definition) is 1. The van der Waals surface area contributed by atoms with Crippen LogP contribution in [0.3, 0.4) is 0 Å². The van der Waals surface area contributed by atoms with E-state index in [0.29, 0.717) is 17.8 Å². The van der Waals surface area contributed by atoms with Crippen molar-refractivity contribution in [3.63, 3.8) is 0 Å². The van der Waals surface area contributed by atoms with E-state index in [1.165, 1.54) is 18.7 Å². The van der Waals surface area contributed by atoms with Crippen LogP contribution >= 0.6 is 0 Å². The summed E-state index contributed by atoms with van der Waals surface area (Å²) in [7, 11) is 0. The Balaban J connectivity index is 1.97. The standard InChI is InChI=1S/C13H12N4O/c14-11-2-1-9-3-4-17(12(9)5-11)13(18)10-6-15-8-16-7-10/h1-2,5-8H,3-4,14H2. The van der Waals surface area contributed by atoms with Gasteiger partial charge in [0.1, 0.15) is 6.33 Å². The van der Waals surface area contributed by atoms with E-state index in [4.69, 9.17) is 5.73 Å². The SMILES string of the molecule is Nc1ccc2c(c1)N(C(=O)c1cncnc1)CC2. The molecule has 2 heterocycles. The summed E-state index contributed by atoms with van der Waals surface area (Å²) in [6, 6.07) is 5.67. The van der Waals surface area contributed by atoms with Crippen molar-refractivity contribution in [3.8, 4) is 0 Å².